The standard InChI is InChI=1S/C14H18N4O/c1-11(19)18(2)10-12-5-3-4-6-13(12)17-9-14-15-7-8-16-14/h3-8,17H,9-10H2,1-2H3,(H,15,16). The maximum absolute atomic E-state index is 11.3. The van der Waals surface area contributed by atoms with Crippen molar-refractivity contribution in [2.75, 3.05) is 12.4 Å². The number of aromatic amines is 1. The molecule has 1 heterocycles. The highest BCUT2D eigenvalue weighted by Gasteiger charge is 2.07. The van der Waals surface area contributed by atoms with E-state index in [4.69, 9.17) is 0 Å². The van der Waals surface area contributed by atoms with Crippen molar-refractivity contribution in [3.8, 4) is 0 Å². The Kier molecular flexibility index (Phi) is 4.18. The molecule has 19 heavy (non-hydrogen) atoms. The molecular formula is C14H18N4O. The van der Waals surface area contributed by atoms with Gasteiger partial charge in [0.1, 0.15) is 5.82 Å². The second-order valence-electron chi connectivity index (χ2n) is 4.42. The number of anilines is 1. The van der Waals surface area contributed by atoms with Crippen molar-refractivity contribution in [1.29, 1.82) is 0 Å². The van der Waals surface area contributed by atoms with Crippen molar-refractivity contribution in [1.82, 2.24) is 14.9 Å². The molecule has 100 valence electrons. The van der Waals surface area contributed by atoms with Crippen LogP contribution in [0.15, 0.2) is 36.7 Å². The molecule has 0 aliphatic rings. The Labute approximate surface area is 112 Å². The number of hydrogen-bond donors (Lipinski definition) is 2. The lowest BCUT2D eigenvalue weighted by atomic mass is 10.1. The number of hydrogen-bond acceptors (Lipinski definition) is 3. The van der Waals surface area contributed by atoms with Crippen molar-refractivity contribution < 1.29 is 4.79 Å². The minimum atomic E-state index is 0.0563. The summed E-state index contributed by atoms with van der Waals surface area (Å²) in [5, 5.41) is 3.33. The van der Waals surface area contributed by atoms with Crippen LogP contribution in [0.2, 0.25) is 0 Å². The molecule has 1 aromatic carbocycles. The number of rotatable bonds is 5. The number of H-pyrrole nitrogens is 1. The summed E-state index contributed by atoms with van der Waals surface area (Å²) >= 11 is 0. The molecule has 0 saturated carbocycles. The van der Waals surface area contributed by atoms with Gasteiger partial charge in [0.05, 0.1) is 6.54 Å². The molecule has 0 spiro atoms. The number of nitrogens with one attached hydrogen (secondary N) is 2. The van der Waals surface area contributed by atoms with Gasteiger partial charge in [0.2, 0.25) is 5.91 Å². The van der Waals surface area contributed by atoms with Crippen LogP contribution in [0.25, 0.3) is 0 Å². The van der Waals surface area contributed by atoms with Crippen LogP contribution in [-0.2, 0) is 17.9 Å². The first-order chi connectivity index (χ1) is 9.16. The van der Waals surface area contributed by atoms with Crippen molar-refractivity contribution in [2.45, 2.75) is 20.0 Å². The van der Waals surface area contributed by atoms with Gasteiger partial charge in [0.25, 0.3) is 0 Å². The van der Waals surface area contributed by atoms with Gasteiger partial charge < -0.3 is 15.2 Å². The molecular weight excluding hydrogens is 240 g/mol. The van der Waals surface area contributed by atoms with Crippen LogP contribution in [0.4, 0.5) is 5.69 Å². The molecule has 0 aliphatic heterocycles. The Bertz CT molecular complexity index is 536. The van der Waals surface area contributed by atoms with Gasteiger partial charge in [-0.15, -0.1) is 0 Å². The Morgan fingerprint density at radius 1 is 1.42 bits per heavy atom. The lowest BCUT2D eigenvalue weighted by Gasteiger charge is -2.18. The summed E-state index contributed by atoms with van der Waals surface area (Å²) in [6, 6.07) is 7.97. The van der Waals surface area contributed by atoms with Gasteiger partial charge in [-0.2, -0.15) is 0 Å². The van der Waals surface area contributed by atoms with Gasteiger partial charge in [0, 0.05) is 38.6 Å². The van der Waals surface area contributed by atoms with Gasteiger partial charge >= 0.3 is 0 Å². The molecule has 2 rings (SSSR count). The highest BCUT2D eigenvalue weighted by Crippen LogP contribution is 2.17. The molecule has 0 fully saturated rings. The summed E-state index contributed by atoms with van der Waals surface area (Å²) in [5.74, 6) is 0.940. The first kappa shape index (κ1) is 13.1. The molecule has 0 unspecified atom stereocenters. The van der Waals surface area contributed by atoms with E-state index in [0.717, 1.165) is 17.1 Å². The van der Waals surface area contributed by atoms with Gasteiger partial charge in [-0.3, -0.25) is 4.79 Å². The third-order valence-corrected chi connectivity index (χ3v) is 2.96. The van der Waals surface area contributed by atoms with E-state index in [1.165, 1.54) is 0 Å². The van der Waals surface area contributed by atoms with Crippen molar-refractivity contribution >= 4 is 11.6 Å². The fraction of sp³-hybridized carbons (Fsp3) is 0.286. The summed E-state index contributed by atoms with van der Waals surface area (Å²) in [6.45, 7) is 2.79. The molecule has 0 saturated heterocycles. The third-order valence-electron chi connectivity index (χ3n) is 2.96. The van der Waals surface area contributed by atoms with Crippen LogP contribution in [0.1, 0.15) is 18.3 Å². The van der Waals surface area contributed by atoms with E-state index < -0.39 is 0 Å². The summed E-state index contributed by atoms with van der Waals surface area (Å²) in [4.78, 5) is 20.2. The van der Waals surface area contributed by atoms with E-state index in [9.17, 15) is 4.79 Å². The average molecular weight is 258 g/mol. The minimum Gasteiger partial charge on any atom is -0.378 e. The number of amides is 1. The molecule has 0 atom stereocenters. The highest BCUT2D eigenvalue weighted by molar-refractivity contribution is 5.73. The summed E-state index contributed by atoms with van der Waals surface area (Å²) in [5.41, 5.74) is 2.11. The molecule has 0 bridgehead atoms. The number of imidazole rings is 1. The second-order valence-corrected chi connectivity index (χ2v) is 4.42. The zero-order valence-corrected chi connectivity index (χ0v) is 11.2. The summed E-state index contributed by atoms with van der Waals surface area (Å²) < 4.78 is 0. The number of carbonyl (C=O) groups is 1. The van der Waals surface area contributed by atoms with Gasteiger partial charge in [-0.1, -0.05) is 18.2 Å². The van der Waals surface area contributed by atoms with E-state index in [2.05, 4.69) is 15.3 Å². The second kappa shape index (κ2) is 6.04. The lowest BCUT2D eigenvalue weighted by Crippen LogP contribution is -2.23. The Hall–Kier alpha value is -2.30. The fourth-order valence-electron chi connectivity index (χ4n) is 1.77. The highest BCUT2D eigenvalue weighted by atomic mass is 16.2. The maximum atomic E-state index is 11.3. The average Bonchev–Trinajstić information content (AvgIpc) is 2.90. The quantitative estimate of drug-likeness (QED) is 0.862. The molecule has 0 aliphatic carbocycles. The molecule has 5 nitrogen and oxygen atoms in total. The first-order valence-electron chi connectivity index (χ1n) is 6.18. The molecule has 1 amide bonds. The Morgan fingerprint density at radius 2 is 2.21 bits per heavy atom. The van der Waals surface area contributed by atoms with E-state index in [1.807, 2.05) is 24.3 Å². The van der Waals surface area contributed by atoms with E-state index in [1.54, 1.807) is 31.3 Å². The van der Waals surface area contributed by atoms with Crippen LogP contribution in [0.3, 0.4) is 0 Å². The van der Waals surface area contributed by atoms with E-state index in [0.29, 0.717) is 13.1 Å². The topological polar surface area (TPSA) is 61.0 Å². The number of carbonyl (C=O) groups excluding carboxylic acids is 1. The summed E-state index contributed by atoms with van der Waals surface area (Å²) in [6.07, 6.45) is 3.53. The fourth-order valence-corrected chi connectivity index (χ4v) is 1.77. The normalized spacial score (nSPS) is 10.2. The lowest BCUT2D eigenvalue weighted by molar-refractivity contribution is -0.128. The van der Waals surface area contributed by atoms with Crippen LogP contribution in [0, 0.1) is 0 Å². The predicted molar refractivity (Wildman–Crippen MR) is 74.5 cm³/mol. The SMILES string of the molecule is CC(=O)N(C)Cc1ccccc1NCc1ncc[nH]1. The number of nitrogens with zero attached hydrogens (tertiary/aromatic N) is 2. The van der Waals surface area contributed by atoms with Crippen LogP contribution in [-0.4, -0.2) is 27.8 Å². The maximum Gasteiger partial charge on any atom is 0.219 e. The minimum absolute atomic E-state index is 0.0563. The number of benzene rings is 1. The molecule has 5 heteroatoms. The Balaban J connectivity index is 2.05. The number of aromatic nitrogens is 2. The zero-order chi connectivity index (χ0) is 13.7. The molecule has 0 radical (unpaired) electrons. The van der Waals surface area contributed by atoms with Gasteiger partial charge in [0.15, 0.2) is 0 Å². The zero-order valence-electron chi connectivity index (χ0n) is 11.2. The Morgan fingerprint density at radius 3 is 2.89 bits per heavy atom. The molecule has 2 N–H and O–H groups in total. The van der Waals surface area contributed by atoms with E-state index in [-0.39, 0.29) is 5.91 Å². The predicted octanol–water partition coefficient (Wildman–Crippen LogP) is 2.00. The van der Waals surface area contributed by atoms with Crippen molar-refractivity contribution in [3.05, 3.63) is 48.0 Å². The number of para-hydroxylation sites is 1. The summed E-state index contributed by atoms with van der Waals surface area (Å²) in [7, 11) is 1.80. The molecule has 1 aromatic heterocycles. The third kappa shape index (κ3) is 3.58. The van der Waals surface area contributed by atoms with Crippen molar-refractivity contribution in [2.24, 2.45) is 0 Å². The van der Waals surface area contributed by atoms with Gasteiger partial charge in [-0.05, 0) is 11.6 Å². The van der Waals surface area contributed by atoms with Crippen molar-refractivity contribution in [3.63, 3.8) is 0 Å². The monoisotopic (exact) mass is 258 g/mol. The molecule has 2 aromatic rings. The van der Waals surface area contributed by atoms with Gasteiger partial charge in [-0.25, -0.2) is 4.98 Å². The van der Waals surface area contributed by atoms with Crippen LogP contribution in [0.5, 0.6) is 0 Å². The smallest absolute Gasteiger partial charge is 0.219 e. The van der Waals surface area contributed by atoms with E-state index >= 15 is 0 Å². The van der Waals surface area contributed by atoms with Crippen LogP contribution < -0.4 is 5.32 Å². The first-order valence-corrected chi connectivity index (χ1v) is 6.18. The van der Waals surface area contributed by atoms with Crippen LogP contribution >= 0.6 is 0 Å². The largest absolute Gasteiger partial charge is 0.378 e.